The van der Waals surface area contributed by atoms with Crippen molar-refractivity contribution in [2.75, 3.05) is 50.6 Å². The normalized spacial score (nSPS) is 14.6. The molecule has 0 spiro atoms. The van der Waals surface area contributed by atoms with Gasteiger partial charge in [0, 0.05) is 42.8 Å². The number of nitrogens with two attached hydrogens (primary N) is 1. The highest BCUT2D eigenvalue weighted by molar-refractivity contribution is 7.89. The standard InChI is InChI=1S/C28H34N6O4S/c1-28(2,3)18-31-39(35,36)25-16-20(17-30-26(25)37-4)19-5-10-23-24(15-19)34(27(29)32-23)22-8-6-21(7-9-22)33-11-13-38-14-12-33/h5-10,15-17,31H,11-14,18H2,1-4H3,(H2,29,32). The third-order valence-corrected chi connectivity index (χ3v) is 7.99. The lowest BCUT2D eigenvalue weighted by molar-refractivity contribution is 0.122. The van der Waals surface area contributed by atoms with Crippen molar-refractivity contribution in [3.63, 3.8) is 0 Å². The summed E-state index contributed by atoms with van der Waals surface area (Å²) in [5.41, 5.74) is 11.1. The number of nitrogens with one attached hydrogen (secondary N) is 1. The number of morpholine rings is 1. The quantitative estimate of drug-likeness (QED) is 0.356. The molecule has 0 radical (unpaired) electrons. The molecule has 5 rings (SSSR count). The summed E-state index contributed by atoms with van der Waals surface area (Å²) in [5, 5.41) is 0. The number of nitrogens with zero attached hydrogens (tertiary/aromatic N) is 4. The van der Waals surface area contributed by atoms with E-state index in [2.05, 4.69) is 31.7 Å². The number of anilines is 2. The second-order valence-corrected chi connectivity index (χ2v) is 12.5. The van der Waals surface area contributed by atoms with Crippen LogP contribution in [-0.4, -0.2) is 62.9 Å². The third kappa shape index (κ3) is 5.70. The van der Waals surface area contributed by atoms with Gasteiger partial charge in [0.2, 0.25) is 21.9 Å². The maximum absolute atomic E-state index is 13.2. The molecule has 39 heavy (non-hydrogen) atoms. The number of pyridine rings is 1. The summed E-state index contributed by atoms with van der Waals surface area (Å²) in [5.74, 6) is 0.402. The number of sulfonamides is 1. The van der Waals surface area contributed by atoms with Crippen LogP contribution in [0.4, 0.5) is 11.6 Å². The van der Waals surface area contributed by atoms with Crippen molar-refractivity contribution in [3.05, 3.63) is 54.7 Å². The molecule has 1 fully saturated rings. The van der Waals surface area contributed by atoms with Gasteiger partial charge in [-0.3, -0.25) is 4.57 Å². The van der Waals surface area contributed by atoms with Crippen LogP contribution in [-0.2, 0) is 14.8 Å². The molecule has 206 valence electrons. The zero-order valence-electron chi connectivity index (χ0n) is 22.6. The molecular formula is C28H34N6O4S. The van der Waals surface area contributed by atoms with Crippen molar-refractivity contribution >= 4 is 32.7 Å². The number of hydrogen-bond acceptors (Lipinski definition) is 8. The lowest BCUT2D eigenvalue weighted by Crippen LogP contribution is -2.36. The van der Waals surface area contributed by atoms with Gasteiger partial charge in [-0.1, -0.05) is 26.8 Å². The molecule has 0 amide bonds. The third-order valence-electron chi connectivity index (χ3n) is 6.59. The van der Waals surface area contributed by atoms with Crippen molar-refractivity contribution in [3.8, 4) is 22.7 Å². The van der Waals surface area contributed by atoms with Crippen LogP contribution in [0.5, 0.6) is 5.88 Å². The highest BCUT2D eigenvalue weighted by Crippen LogP contribution is 2.32. The van der Waals surface area contributed by atoms with Crippen LogP contribution in [0.25, 0.3) is 27.8 Å². The Kier molecular flexibility index (Phi) is 7.23. The summed E-state index contributed by atoms with van der Waals surface area (Å²) in [6, 6.07) is 15.5. The van der Waals surface area contributed by atoms with E-state index in [-0.39, 0.29) is 22.7 Å². The molecule has 0 unspecified atom stereocenters. The molecule has 0 bridgehead atoms. The van der Waals surface area contributed by atoms with Crippen LogP contribution in [0.2, 0.25) is 0 Å². The van der Waals surface area contributed by atoms with E-state index in [4.69, 9.17) is 15.2 Å². The highest BCUT2D eigenvalue weighted by Gasteiger charge is 2.24. The second kappa shape index (κ2) is 10.5. The fourth-order valence-corrected chi connectivity index (χ4v) is 5.93. The van der Waals surface area contributed by atoms with Crippen LogP contribution in [0.15, 0.2) is 59.6 Å². The topological polar surface area (TPSA) is 125 Å². The molecule has 3 heterocycles. The monoisotopic (exact) mass is 550 g/mol. The van der Waals surface area contributed by atoms with E-state index in [1.54, 1.807) is 12.3 Å². The summed E-state index contributed by atoms with van der Waals surface area (Å²) in [4.78, 5) is 11.1. The minimum atomic E-state index is -3.86. The van der Waals surface area contributed by atoms with Crippen molar-refractivity contribution in [1.82, 2.24) is 19.3 Å². The van der Waals surface area contributed by atoms with E-state index >= 15 is 0 Å². The second-order valence-electron chi connectivity index (χ2n) is 10.7. The number of rotatable bonds is 7. The zero-order valence-corrected chi connectivity index (χ0v) is 23.5. The summed E-state index contributed by atoms with van der Waals surface area (Å²) in [6.45, 7) is 9.32. The van der Waals surface area contributed by atoms with Crippen LogP contribution in [0.1, 0.15) is 20.8 Å². The smallest absolute Gasteiger partial charge is 0.245 e. The number of aromatic nitrogens is 3. The number of methoxy groups -OCH3 is 1. The molecule has 1 aliphatic heterocycles. The van der Waals surface area contributed by atoms with Gasteiger partial charge in [-0.05, 0) is 53.4 Å². The van der Waals surface area contributed by atoms with Gasteiger partial charge in [0.1, 0.15) is 4.90 Å². The number of ether oxygens (including phenoxy) is 2. The van der Waals surface area contributed by atoms with Crippen molar-refractivity contribution in [2.45, 2.75) is 25.7 Å². The summed E-state index contributed by atoms with van der Waals surface area (Å²) in [6.07, 6.45) is 1.60. The van der Waals surface area contributed by atoms with E-state index < -0.39 is 10.0 Å². The maximum Gasteiger partial charge on any atom is 0.245 e. The van der Waals surface area contributed by atoms with Crippen molar-refractivity contribution in [1.29, 1.82) is 0 Å². The minimum Gasteiger partial charge on any atom is -0.480 e. The molecular weight excluding hydrogens is 516 g/mol. The lowest BCUT2D eigenvalue weighted by Gasteiger charge is -2.29. The predicted octanol–water partition coefficient (Wildman–Crippen LogP) is 3.84. The van der Waals surface area contributed by atoms with Crippen LogP contribution in [0.3, 0.4) is 0 Å². The van der Waals surface area contributed by atoms with Crippen molar-refractivity contribution < 1.29 is 17.9 Å². The Labute approximate surface area is 228 Å². The minimum absolute atomic E-state index is 0.0152. The molecule has 0 aliphatic carbocycles. The molecule has 1 saturated heterocycles. The lowest BCUT2D eigenvalue weighted by atomic mass is 9.98. The van der Waals surface area contributed by atoms with E-state index in [1.807, 2.05) is 55.7 Å². The number of benzene rings is 2. The van der Waals surface area contributed by atoms with Crippen LogP contribution < -0.4 is 20.1 Å². The largest absolute Gasteiger partial charge is 0.480 e. The van der Waals surface area contributed by atoms with Gasteiger partial charge >= 0.3 is 0 Å². The van der Waals surface area contributed by atoms with E-state index in [0.717, 1.165) is 54.3 Å². The Morgan fingerprint density at radius 1 is 1.03 bits per heavy atom. The summed E-state index contributed by atoms with van der Waals surface area (Å²) < 4.78 is 41.6. The Morgan fingerprint density at radius 3 is 2.38 bits per heavy atom. The Bertz CT molecular complexity index is 1590. The highest BCUT2D eigenvalue weighted by atomic mass is 32.2. The first kappa shape index (κ1) is 26.9. The summed E-state index contributed by atoms with van der Waals surface area (Å²) >= 11 is 0. The molecule has 4 aromatic rings. The first-order chi connectivity index (χ1) is 18.6. The van der Waals surface area contributed by atoms with Gasteiger partial charge in [-0.25, -0.2) is 23.1 Å². The van der Waals surface area contributed by atoms with Gasteiger partial charge in [0.05, 0.1) is 31.4 Å². The summed E-state index contributed by atoms with van der Waals surface area (Å²) in [7, 11) is -2.45. The zero-order chi connectivity index (χ0) is 27.8. The SMILES string of the molecule is COc1ncc(-c2ccc3nc(N)n(-c4ccc(N5CCOCC5)cc4)c3c2)cc1S(=O)(=O)NCC(C)(C)C. The Balaban J connectivity index is 1.52. The number of imidazole rings is 1. The maximum atomic E-state index is 13.2. The Hall–Kier alpha value is -3.67. The van der Waals surface area contributed by atoms with Gasteiger partial charge in [-0.2, -0.15) is 0 Å². The molecule has 1 aliphatic rings. The molecule has 10 nitrogen and oxygen atoms in total. The fraction of sp³-hybridized carbons (Fsp3) is 0.357. The van der Waals surface area contributed by atoms with Gasteiger partial charge < -0.3 is 20.1 Å². The number of hydrogen-bond donors (Lipinski definition) is 2. The van der Waals surface area contributed by atoms with Gasteiger partial charge in [0.25, 0.3) is 0 Å². The van der Waals surface area contributed by atoms with Crippen LogP contribution in [0, 0.1) is 5.41 Å². The predicted molar refractivity (Wildman–Crippen MR) is 153 cm³/mol. The van der Waals surface area contributed by atoms with Gasteiger partial charge in [0.15, 0.2) is 0 Å². The first-order valence-corrected chi connectivity index (χ1v) is 14.3. The molecule has 2 aromatic carbocycles. The van der Waals surface area contributed by atoms with Gasteiger partial charge in [-0.15, -0.1) is 0 Å². The molecule has 2 aromatic heterocycles. The number of nitrogen functional groups attached to an aromatic ring is 1. The molecule has 0 saturated carbocycles. The molecule has 3 N–H and O–H groups in total. The average Bonchev–Trinajstić information content (AvgIpc) is 3.26. The van der Waals surface area contributed by atoms with E-state index in [0.29, 0.717) is 11.5 Å². The van der Waals surface area contributed by atoms with Crippen molar-refractivity contribution in [2.24, 2.45) is 5.41 Å². The number of fused-ring (bicyclic) bond motifs is 1. The van der Waals surface area contributed by atoms with E-state index in [9.17, 15) is 8.42 Å². The van der Waals surface area contributed by atoms with Crippen LogP contribution >= 0.6 is 0 Å². The Morgan fingerprint density at radius 2 is 1.72 bits per heavy atom. The molecule has 11 heteroatoms. The van der Waals surface area contributed by atoms with E-state index in [1.165, 1.54) is 7.11 Å². The molecule has 0 atom stereocenters. The average molecular weight is 551 g/mol. The fourth-order valence-electron chi connectivity index (χ4n) is 4.50. The first-order valence-electron chi connectivity index (χ1n) is 12.8.